The van der Waals surface area contributed by atoms with Gasteiger partial charge in [0.25, 0.3) is 0 Å². The van der Waals surface area contributed by atoms with Gasteiger partial charge in [0.2, 0.25) is 0 Å². The summed E-state index contributed by atoms with van der Waals surface area (Å²) in [6.07, 6.45) is 3.88. The molecule has 1 aromatic rings. The van der Waals surface area contributed by atoms with Gasteiger partial charge in [-0.25, -0.2) is 0 Å². The van der Waals surface area contributed by atoms with E-state index in [1.807, 2.05) is 30.3 Å². The highest BCUT2D eigenvalue weighted by atomic mass is 16.4. The minimum absolute atomic E-state index is 0.429. The minimum Gasteiger partial charge on any atom is -0.480 e. The summed E-state index contributed by atoms with van der Waals surface area (Å²) < 4.78 is 0. The van der Waals surface area contributed by atoms with Crippen LogP contribution in [0.4, 0.5) is 0 Å². The Morgan fingerprint density at radius 3 is 2.59 bits per heavy atom. The van der Waals surface area contributed by atoms with Crippen molar-refractivity contribution in [2.45, 2.75) is 45.2 Å². The quantitative estimate of drug-likeness (QED) is 0.681. The molecule has 2 N–H and O–H groups in total. The molecule has 0 aliphatic heterocycles. The van der Waals surface area contributed by atoms with Gasteiger partial charge in [-0.1, -0.05) is 56.5 Å². The first-order valence-electron chi connectivity index (χ1n) is 6.24. The van der Waals surface area contributed by atoms with Crippen LogP contribution in [0.3, 0.4) is 0 Å². The molecule has 17 heavy (non-hydrogen) atoms. The maximum absolute atomic E-state index is 11.1. The average molecular weight is 235 g/mol. The zero-order valence-corrected chi connectivity index (χ0v) is 10.4. The van der Waals surface area contributed by atoms with Crippen molar-refractivity contribution in [2.75, 3.05) is 0 Å². The predicted octanol–water partition coefficient (Wildman–Crippen LogP) is 2.81. The third-order valence-corrected chi connectivity index (χ3v) is 2.79. The molecule has 1 rings (SSSR count). The first-order valence-corrected chi connectivity index (χ1v) is 6.24. The van der Waals surface area contributed by atoms with Gasteiger partial charge in [0.1, 0.15) is 6.04 Å². The van der Waals surface area contributed by atoms with Crippen molar-refractivity contribution in [1.82, 2.24) is 5.32 Å². The van der Waals surface area contributed by atoms with Crippen molar-refractivity contribution >= 4 is 5.97 Å². The van der Waals surface area contributed by atoms with E-state index >= 15 is 0 Å². The molecule has 0 aliphatic carbocycles. The zero-order valence-electron chi connectivity index (χ0n) is 10.4. The van der Waals surface area contributed by atoms with Gasteiger partial charge in [0, 0.05) is 6.54 Å². The zero-order chi connectivity index (χ0) is 12.5. The molecule has 3 nitrogen and oxygen atoms in total. The monoisotopic (exact) mass is 235 g/mol. The van der Waals surface area contributed by atoms with Crippen LogP contribution in [0.5, 0.6) is 0 Å². The average Bonchev–Trinajstić information content (AvgIpc) is 2.34. The lowest BCUT2D eigenvalue weighted by molar-refractivity contribution is -0.139. The minimum atomic E-state index is -0.753. The topological polar surface area (TPSA) is 49.3 Å². The molecular formula is C14H21NO2. The normalized spacial score (nSPS) is 12.3. The highest BCUT2D eigenvalue weighted by Gasteiger charge is 2.15. The fraction of sp³-hybridized carbons (Fsp3) is 0.500. The lowest BCUT2D eigenvalue weighted by Gasteiger charge is -2.14. The summed E-state index contributed by atoms with van der Waals surface area (Å²) in [5, 5.41) is 12.2. The number of unbranched alkanes of at least 4 members (excludes halogenated alkanes) is 2. The number of hydrogen-bond donors (Lipinski definition) is 2. The third kappa shape index (κ3) is 5.50. The molecule has 0 aromatic heterocycles. The summed E-state index contributed by atoms with van der Waals surface area (Å²) in [4.78, 5) is 11.1. The van der Waals surface area contributed by atoms with Gasteiger partial charge in [-0.05, 0) is 12.0 Å². The maximum Gasteiger partial charge on any atom is 0.320 e. The highest BCUT2D eigenvalue weighted by Crippen LogP contribution is 2.05. The van der Waals surface area contributed by atoms with Gasteiger partial charge in [-0.2, -0.15) is 0 Å². The van der Waals surface area contributed by atoms with E-state index in [0.29, 0.717) is 13.0 Å². The summed E-state index contributed by atoms with van der Waals surface area (Å²) in [5.41, 5.74) is 1.12. The van der Waals surface area contributed by atoms with Crippen LogP contribution < -0.4 is 5.32 Å². The van der Waals surface area contributed by atoms with E-state index in [0.717, 1.165) is 24.8 Å². The lowest BCUT2D eigenvalue weighted by Crippen LogP contribution is -2.36. The van der Waals surface area contributed by atoms with Gasteiger partial charge in [0.05, 0.1) is 0 Å². The van der Waals surface area contributed by atoms with Crippen LogP contribution in [-0.4, -0.2) is 17.1 Å². The predicted molar refractivity (Wildman–Crippen MR) is 68.8 cm³/mol. The highest BCUT2D eigenvalue weighted by molar-refractivity contribution is 5.73. The van der Waals surface area contributed by atoms with E-state index in [9.17, 15) is 4.79 Å². The second-order valence-corrected chi connectivity index (χ2v) is 4.25. The van der Waals surface area contributed by atoms with Crippen LogP contribution in [0.25, 0.3) is 0 Å². The molecule has 94 valence electrons. The summed E-state index contributed by atoms with van der Waals surface area (Å²) >= 11 is 0. The molecule has 1 unspecified atom stereocenters. The number of aliphatic carboxylic acids is 1. The van der Waals surface area contributed by atoms with Crippen molar-refractivity contribution in [3.05, 3.63) is 35.9 Å². The molecule has 0 spiro atoms. The maximum atomic E-state index is 11.1. The summed E-state index contributed by atoms with van der Waals surface area (Å²) in [6.45, 7) is 2.73. The van der Waals surface area contributed by atoms with E-state index < -0.39 is 12.0 Å². The van der Waals surface area contributed by atoms with Crippen LogP contribution >= 0.6 is 0 Å². The Morgan fingerprint density at radius 1 is 1.29 bits per heavy atom. The molecule has 1 aromatic carbocycles. The van der Waals surface area contributed by atoms with E-state index in [-0.39, 0.29) is 0 Å². The Balaban J connectivity index is 2.36. The van der Waals surface area contributed by atoms with Gasteiger partial charge in [0.15, 0.2) is 0 Å². The molecule has 0 saturated heterocycles. The summed E-state index contributed by atoms with van der Waals surface area (Å²) in [5.74, 6) is -0.753. The number of carboxylic acids is 1. The number of hydrogen-bond acceptors (Lipinski definition) is 2. The smallest absolute Gasteiger partial charge is 0.320 e. The van der Waals surface area contributed by atoms with E-state index in [4.69, 9.17) is 5.11 Å². The first-order chi connectivity index (χ1) is 8.24. The van der Waals surface area contributed by atoms with E-state index in [1.54, 1.807) is 0 Å². The molecule has 1 atom stereocenters. The van der Waals surface area contributed by atoms with E-state index in [2.05, 4.69) is 12.2 Å². The van der Waals surface area contributed by atoms with Crippen LogP contribution in [0.15, 0.2) is 30.3 Å². The third-order valence-electron chi connectivity index (χ3n) is 2.79. The Hall–Kier alpha value is -1.35. The molecule has 0 fully saturated rings. The van der Waals surface area contributed by atoms with Crippen molar-refractivity contribution in [1.29, 1.82) is 0 Å². The van der Waals surface area contributed by atoms with Crippen molar-refractivity contribution < 1.29 is 9.90 Å². The van der Waals surface area contributed by atoms with Gasteiger partial charge in [-0.3, -0.25) is 4.79 Å². The Bertz CT molecular complexity index is 324. The fourth-order valence-corrected chi connectivity index (χ4v) is 1.75. The van der Waals surface area contributed by atoms with E-state index in [1.165, 1.54) is 0 Å². The number of nitrogens with one attached hydrogen (secondary N) is 1. The molecule has 3 heteroatoms. The number of rotatable bonds is 8. The summed E-state index contributed by atoms with van der Waals surface area (Å²) in [7, 11) is 0. The van der Waals surface area contributed by atoms with Crippen LogP contribution in [0, 0.1) is 0 Å². The molecule has 0 amide bonds. The Morgan fingerprint density at radius 2 is 2.00 bits per heavy atom. The second kappa shape index (κ2) is 7.85. The lowest BCUT2D eigenvalue weighted by atomic mass is 10.1. The van der Waals surface area contributed by atoms with Crippen molar-refractivity contribution in [3.63, 3.8) is 0 Å². The largest absolute Gasteiger partial charge is 0.480 e. The first kappa shape index (κ1) is 13.7. The molecular weight excluding hydrogens is 214 g/mol. The molecule has 0 saturated carbocycles. The van der Waals surface area contributed by atoms with Crippen molar-refractivity contribution in [2.24, 2.45) is 0 Å². The number of benzene rings is 1. The SMILES string of the molecule is CCCCCC(NCc1ccccc1)C(=O)O. The molecule has 0 aliphatic rings. The second-order valence-electron chi connectivity index (χ2n) is 4.25. The molecule has 0 radical (unpaired) electrons. The standard InChI is InChI=1S/C14H21NO2/c1-2-3-5-10-13(14(16)17)15-11-12-8-6-4-7-9-12/h4,6-9,13,15H,2-3,5,10-11H2,1H3,(H,16,17). The van der Waals surface area contributed by atoms with Crippen LogP contribution in [0.1, 0.15) is 38.2 Å². The van der Waals surface area contributed by atoms with Crippen LogP contribution in [0.2, 0.25) is 0 Å². The van der Waals surface area contributed by atoms with Crippen LogP contribution in [-0.2, 0) is 11.3 Å². The van der Waals surface area contributed by atoms with Gasteiger partial charge < -0.3 is 10.4 Å². The van der Waals surface area contributed by atoms with Crippen molar-refractivity contribution in [3.8, 4) is 0 Å². The molecule has 0 heterocycles. The number of carbonyl (C=O) groups is 1. The Kier molecular flexibility index (Phi) is 6.33. The number of carboxylic acid groups (broad SMARTS) is 1. The van der Waals surface area contributed by atoms with Gasteiger partial charge in [-0.15, -0.1) is 0 Å². The summed E-state index contributed by atoms with van der Waals surface area (Å²) in [6, 6.07) is 9.45. The Labute approximate surface area is 103 Å². The molecule has 0 bridgehead atoms. The fourth-order valence-electron chi connectivity index (χ4n) is 1.75. The van der Waals surface area contributed by atoms with Gasteiger partial charge >= 0.3 is 5.97 Å².